The van der Waals surface area contributed by atoms with Crippen LogP contribution in [0.1, 0.15) is 20.7 Å². The van der Waals surface area contributed by atoms with E-state index in [4.69, 9.17) is 45.0 Å². The Morgan fingerprint density at radius 3 is 2.05 bits per heavy atom. The molecule has 0 fully saturated rings. The number of carboxylic acid groups (broad SMARTS) is 2. The molecule has 0 aliphatic carbocycles. The molecule has 0 heterocycles. The van der Waals surface area contributed by atoms with Crippen LogP contribution in [0.2, 0.25) is 0 Å². The first kappa shape index (κ1) is 15.6. The first-order valence-electron chi connectivity index (χ1n) is 4.62. The van der Waals surface area contributed by atoms with Gasteiger partial charge in [-0.25, -0.2) is 9.59 Å². The third kappa shape index (κ3) is 3.73. The largest absolute Gasteiger partial charge is 0.478 e. The van der Waals surface area contributed by atoms with Crippen molar-refractivity contribution in [2.75, 3.05) is 5.32 Å². The number of anilines is 1. The lowest BCUT2D eigenvalue weighted by Crippen LogP contribution is -2.28. The van der Waals surface area contributed by atoms with Crippen molar-refractivity contribution >= 4 is 58.3 Å². The molecule has 102 valence electrons. The van der Waals surface area contributed by atoms with Crippen molar-refractivity contribution in [3.63, 3.8) is 0 Å². The average Bonchev–Trinajstić information content (AvgIpc) is 2.26. The lowest BCUT2D eigenvalue weighted by molar-refractivity contribution is -0.115. The number of aromatic carboxylic acids is 2. The van der Waals surface area contributed by atoms with E-state index in [9.17, 15) is 14.4 Å². The Balaban J connectivity index is 3.29. The van der Waals surface area contributed by atoms with Crippen LogP contribution in [0.15, 0.2) is 18.2 Å². The number of amides is 1. The summed E-state index contributed by atoms with van der Waals surface area (Å²) in [6.07, 6.45) is 0. The van der Waals surface area contributed by atoms with E-state index in [1.165, 1.54) is 12.1 Å². The molecule has 0 saturated heterocycles. The molecule has 3 N–H and O–H groups in total. The molecule has 1 aromatic carbocycles. The van der Waals surface area contributed by atoms with Gasteiger partial charge in [-0.15, -0.1) is 0 Å². The summed E-state index contributed by atoms with van der Waals surface area (Å²) in [7, 11) is 0. The van der Waals surface area contributed by atoms with E-state index in [1.807, 2.05) is 5.32 Å². The maximum atomic E-state index is 11.4. The summed E-state index contributed by atoms with van der Waals surface area (Å²) in [5.41, 5.74) is -1.36. The number of hydrogen-bond donors (Lipinski definition) is 3. The van der Waals surface area contributed by atoms with Gasteiger partial charge in [0.05, 0.1) is 16.8 Å². The number of alkyl halides is 3. The van der Waals surface area contributed by atoms with Crippen LogP contribution in [0.3, 0.4) is 0 Å². The molecule has 1 aromatic rings. The number of carboxylic acids is 2. The van der Waals surface area contributed by atoms with Gasteiger partial charge in [0, 0.05) is 0 Å². The topological polar surface area (TPSA) is 104 Å². The molecular formula is C10H6Cl3NO5. The summed E-state index contributed by atoms with van der Waals surface area (Å²) in [5.74, 6) is -4.08. The Morgan fingerprint density at radius 1 is 1.05 bits per heavy atom. The van der Waals surface area contributed by atoms with Crippen LogP contribution in [-0.2, 0) is 4.79 Å². The molecule has 0 unspecified atom stereocenters. The molecule has 0 bridgehead atoms. The summed E-state index contributed by atoms with van der Waals surface area (Å²) in [5, 5.41) is 19.9. The molecular weight excluding hydrogens is 320 g/mol. The van der Waals surface area contributed by atoms with E-state index < -0.39 is 32.8 Å². The summed E-state index contributed by atoms with van der Waals surface area (Å²) in [6.45, 7) is 0. The number of nitrogens with one attached hydrogen (secondary N) is 1. The zero-order valence-corrected chi connectivity index (χ0v) is 11.3. The Morgan fingerprint density at radius 2 is 1.63 bits per heavy atom. The van der Waals surface area contributed by atoms with Gasteiger partial charge in [-0.3, -0.25) is 4.79 Å². The number of carbonyl (C=O) groups excluding carboxylic acids is 1. The van der Waals surface area contributed by atoms with Gasteiger partial charge in [-0.1, -0.05) is 40.9 Å². The van der Waals surface area contributed by atoms with Gasteiger partial charge in [0.2, 0.25) is 0 Å². The second-order valence-corrected chi connectivity index (χ2v) is 5.57. The number of halogens is 3. The average molecular weight is 327 g/mol. The molecule has 0 radical (unpaired) electrons. The van der Waals surface area contributed by atoms with Crippen molar-refractivity contribution in [3.05, 3.63) is 29.3 Å². The van der Waals surface area contributed by atoms with Crippen molar-refractivity contribution in [2.45, 2.75) is 3.79 Å². The molecule has 0 aliphatic rings. The minimum atomic E-state index is -2.30. The van der Waals surface area contributed by atoms with Crippen LogP contribution in [0.25, 0.3) is 0 Å². The van der Waals surface area contributed by atoms with Gasteiger partial charge in [0.1, 0.15) is 0 Å². The van der Waals surface area contributed by atoms with Crippen LogP contribution in [0.4, 0.5) is 5.69 Å². The molecule has 1 rings (SSSR count). The van der Waals surface area contributed by atoms with E-state index in [-0.39, 0.29) is 5.69 Å². The molecule has 0 aromatic heterocycles. The minimum Gasteiger partial charge on any atom is -0.478 e. The predicted molar refractivity (Wildman–Crippen MR) is 69.3 cm³/mol. The quantitative estimate of drug-likeness (QED) is 0.740. The monoisotopic (exact) mass is 325 g/mol. The zero-order valence-electron chi connectivity index (χ0n) is 8.99. The lowest BCUT2D eigenvalue weighted by Gasteiger charge is -2.14. The summed E-state index contributed by atoms with van der Waals surface area (Å²) >= 11 is 16.0. The summed E-state index contributed by atoms with van der Waals surface area (Å²) < 4.78 is -2.30. The molecule has 0 saturated carbocycles. The molecule has 19 heavy (non-hydrogen) atoms. The van der Waals surface area contributed by atoms with E-state index in [0.717, 1.165) is 6.07 Å². The molecule has 1 amide bonds. The van der Waals surface area contributed by atoms with Crippen molar-refractivity contribution in [3.8, 4) is 0 Å². The first-order chi connectivity index (χ1) is 8.64. The number of rotatable bonds is 3. The third-order valence-electron chi connectivity index (χ3n) is 2.01. The second kappa shape index (κ2) is 5.64. The van der Waals surface area contributed by atoms with Gasteiger partial charge < -0.3 is 15.5 Å². The fraction of sp³-hybridized carbons (Fsp3) is 0.100. The highest BCUT2D eigenvalue weighted by Crippen LogP contribution is 2.29. The maximum absolute atomic E-state index is 11.4. The first-order valence-corrected chi connectivity index (χ1v) is 5.75. The Kier molecular flexibility index (Phi) is 4.62. The highest BCUT2D eigenvalue weighted by Gasteiger charge is 2.32. The Labute approximate surface area is 121 Å². The fourth-order valence-corrected chi connectivity index (χ4v) is 1.40. The maximum Gasteiger partial charge on any atom is 0.338 e. The standard InChI is InChI=1S/C10H6Cl3NO5/c11-10(12,13)9(19)14-5-3-1-2-4(7(15)16)6(5)8(17)18/h1-3H,(H,14,19)(H,15,16)(H,17,18). The van der Waals surface area contributed by atoms with E-state index >= 15 is 0 Å². The predicted octanol–water partition coefficient (Wildman–Crippen LogP) is 2.39. The highest BCUT2D eigenvalue weighted by molar-refractivity contribution is 6.76. The molecule has 0 spiro atoms. The SMILES string of the molecule is O=C(O)c1cccc(NC(=O)C(Cl)(Cl)Cl)c1C(=O)O. The van der Waals surface area contributed by atoms with Crippen molar-refractivity contribution in [2.24, 2.45) is 0 Å². The smallest absolute Gasteiger partial charge is 0.338 e. The van der Waals surface area contributed by atoms with Gasteiger partial charge in [-0.2, -0.15) is 0 Å². The van der Waals surface area contributed by atoms with Crippen LogP contribution in [0, 0.1) is 0 Å². The second-order valence-electron chi connectivity index (χ2n) is 3.29. The number of carbonyl (C=O) groups is 3. The van der Waals surface area contributed by atoms with Gasteiger partial charge in [0.25, 0.3) is 9.70 Å². The fourth-order valence-electron chi connectivity index (χ4n) is 1.26. The van der Waals surface area contributed by atoms with E-state index in [0.29, 0.717) is 0 Å². The number of hydrogen-bond acceptors (Lipinski definition) is 3. The minimum absolute atomic E-state index is 0.274. The number of benzene rings is 1. The van der Waals surface area contributed by atoms with Crippen molar-refractivity contribution in [1.82, 2.24) is 0 Å². The van der Waals surface area contributed by atoms with Crippen LogP contribution >= 0.6 is 34.8 Å². The molecule has 0 aliphatic heterocycles. The van der Waals surface area contributed by atoms with Crippen LogP contribution in [-0.4, -0.2) is 31.9 Å². The molecule has 0 atom stereocenters. The van der Waals surface area contributed by atoms with Gasteiger partial charge >= 0.3 is 11.9 Å². The van der Waals surface area contributed by atoms with Crippen molar-refractivity contribution < 1.29 is 24.6 Å². The van der Waals surface area contributed by atoms with Crippen LogP contribution in [0.5, 0.6) is 0 Å². The Bertz CT molecular complexity index is 553. The zero-order chi connectivity index (χ0) is 14.8. The molecule has 9 heteroatoms. The van der Waals surface area contributed by atoms with Crippen molar-refractivity contribution in [1.29, 1.82) is 0 Å². The summed E-state index contributed by atoms with van der Waals surface area (Å²) in [6, 6.07) is 3.52. The van der Waals surface area contributed by atoms with E-state index in [2.05, 4.69) is 0 Å². The highest BCUT2D eigenvalue weighted by atomic mass is 35.6. The molecule has 6 nitrogen and oxygen atoms in total. The van der Waals surface area contributed by atoms with Crippen LogP contribution < -0.4 is 5.32 Å². The van der Waals surface area contributed by atoms with Gasteiger partial charge in [-0.05, 0) is 12.1 Å². The third-order valence-corrected chi connectivity index (χ3v) is 2.53. The van der Waals surface area contributed by atoms with Gasteiger partial charge in [0.15, 0.2) is 0 Å². The normalized spacial score (nSPS) is 10.9. The lowest BCUT2D eigenvalue weighted by atomic mass is 10.1. The summed E-state index contributed by atoms with van der Waals surface area (Å²) in [4.78, 5) is 33.4. The Hall–Kier alpha value is -1.50. The van der Waals surface area contributed by atoms with E-state index in [1.54, 1.807) is 0 Å².